The summed E-state index contributed by atoms with van der Waals surface area (Å²) in [7, 11) is 1.83. The fourth-order valence-corrected chi connectivity index (χ4v) is 3.58. The van der Waals surface area contributed by atoms with Crippen molar-refractivity contribution in [3.05, 3.63) is 29.8 Å². The van der Waals surface area contributed by atoms with Crippen LogP contribution in [0.15, 0.2) is 29.3 Å². The van der Waals surface area contributed by atoms with Crippen LogP contribution in [0.2, 0.25) is 0 Å². The first-order chi connectivity index (χ1) is 13.7. The van der Waals surface area contributed by atoms with Crippen molar-refractivity contribution in [3.63, 3.8) is 0 Å². The minimum Gasteiger partial charge on any atom is -0.493 e. The van der Waals surface area contributed by atoms with E-state index in [1.54, 1.807) is 0 Å². The molecule has 2 fully saturated rings. The first kappa shape index (κ1) is 24.2. The number of likely N-dealkylation sites (N-methyl/N-ethyl adjacent to an activating group) is 1. The van der Waals surface area contributed by atoms with Crippen LogP contribution in [-0.2, 0) is 6.54 Å². The number of nitrogens with zero attached hydrogens (tertiary/aromatic N) is 3. The average Bonchev–Trinajstić information content (AvgIpc) is 3.57. The second-order valence-electron chi connectivity index (χ2n) is 7.99. The maximum absolute atomic E-state index is 6.01. The van der Waals surface area contributed by atoms with E-state index in [2.05, 4.69) is 57.5 Å². The van der Waals surface area contributed by atoms with Crippen molar-refractivity contribution in [2.45, 2.75) is 39.3 Å². The Hall–Kier alpha value is -1.06. The molecule has 2 N–H and O–H groups in total. The summed E-state index contributed by atoms with van der Waals surface area (Å²) in [4.78, 5) is 9.46. The van der Waals surface area contributed by atoms with E-state index >= 15 is 0 Å². The number of halogens is 1. The molecule has 6 nitrogen and oxygen atoms in total. The molecule has 1 atom stereocenters. The van der Waals surface area contributed by atoms with Gasteiger partial charge in [-0.1, -0.05) is 25.1 Å². The van der Waals surface area contributed by atoms with E-state index in [4.69, 9.17) is 4.74 Å². The minimum absolute atomic E-state index is 0. The van der Waals surface area contributed by atoms with E-state index in [9.17, 15) is 0 Å². The predicted octanol–water partition coefficient (Wildman–Crippen LogP) is 2.78. The fraction of sp³-hybridized carbons (Fsp3) is 0.682. The van der Waals surface area contributed by atoms with Gasteiger partial charge in [0.05, 0.1) is 6.61 Å². The molecular formula is C22H38IN5O. The van der Waals surface area contributed by atoms with Gasteiger partial charge < -0.3 is 20.3 Å². The lowest BCUT2D eigenvalue weighted by Crippen LogP contribution is -2.53. The Morgan fingerprint density at radius 1 is 1.17 bits per heavy atom. The van der Waals surface area contributed by atoms with Crippen molar-refractivity contribution < 1.29 is 4.74 Å². The van der Waals surface area contributed by atoms with Crippen LogP contribution >= 0.6 is 24.0 Å². The molecular weight excluding hydrogens is 477 g/mol. The van der Waals surface area contributed by atoms with Crippen LogP contribution in [0.1, 0.15) is 32.3 Å². The maximum atomic E-state index is 6.01. The Kier molecular flexibility index (Phi) is 10.5. The van der Waals surface area contributed by atoms with Crippen LogP contribution in [0.5, 0.6) is 5.75 Å². The van der Waals surface area contributed by atoms with Crippen molar-refractivity contribution in [1.29, 1.82) is 0 Å². The van der Waals surface area contributed by atoms with E-state index in [0.717, 1.165) is 50.4 Å². The van der Waals surface area contributed by atoms with E-state index in [-0.39, 0.29) is 24.0 Å². The molecule has 1 unspecified atom stereocenters. The van der Waals surface area contributed by atoms with Gasteiger partial charge in [-0.15, -0.1) is 24.0 Å². The third kappa shape index (κ3) is 7.94. The second kappa shape index (κ2) is 12.6. The summed E-state index contributed by atoms with van der Waals surface area (Å²) in [6.07, 6.45) is 2.62. The van der Waals surface area contributed by atoms with Gasteiger partial charge in [-0.3, -0.25) is 9.89 Å². The zero-order chi connectivity index (χ0) is 19.8. The van der Waals surface area contributed by atoms with Crippen LogP contribution in [0.4, 0.5) is 0 Å². The summed E-state index contributed by atoms with van der Waals surface area (Å²) >= 11 is 0. The number of guanidine groups is 1. The van der Waals surface area contributed by atoms with Crippen molar-refractivity contribution in [2.24, 2.45) is 10.9 Å². The van der Waals surface area contributed by atoms with Gasteiger partial charge in [0.1, 0.15) is 5.75 Å². The molecule has 164 valence electrons. The lowest BCUT2D eigenvalue weighted by Gasteiger charge is -2.37. The van der Waals surface area contributed by atoms with Crippen LogP contribution in [0.25, 0.3) is 0 Å². The van der Waals surface area contributed by atoms with Crippen molar-refractivity contribution in [2.75, 3.05) is 52.9 Å². The van der Waals surface area contributed by atoms with E-state index < -0.39 is 0 Å². The largest absolute Gasteiger partial charge is 0.493 e. The van der Waals surface area contributed by atoms with Crippen molar-refractivity contribution in [1.82, 2.24) is 20.4 Å². The number of para-hydroxylation sites is 1. The van der Waals surface area contributed by atoms with Crippen LogP contribution in [-0.4, -0.2) is 74.7 Å². The van der Waals surface area contributed by atoms with Crippen LogP contribution in [0.3, 0.4) is 0 Å². The Bertz CT molecular complexity index is 629. The smallest absolute Gasteiger partial charge is 0.191 e. The monoisotopic (exact) mass is 515 g/mol. The standard InChI is InChI=1S/C22H37N5O.HI/c1-4-26-11-13-27(14-12-26)18(2)15-24-22(23-3)25-16-20-7-5-6-8-21(20)28-17-19-9-10-19;/h5-8,18-19H,4,9-17H2,1-3H3,(H2,23,24,25);1H. The quantitative estimate of drug-likeness (QED) is 0.301. The number of nitrogens with one attached hydrogen (secondary N) is 2. The zero-order valence-corrected chi connectivity index (χ0v) is 20.5. The Morgan fingerprint density at radius 3 is 2.55 bits per heavy atom. The van der Waals surface area contributed by atoms with Gasteiger partial charge in [0.2, 0.25) is 0 Å². The lowest BCUT2D eigenvalue weighted by molar-refractivity contribution is 0.107. The second-order valence-corrected chi connectivity index (χ2v) is 7.99. The molecule has 1 heterocycles. The molecule has 3 rings (SSSR count). The lowest BCUT2D eigenvalue weighted by atomic mass is 10.2. The number of hydrogen-bond acceptors (Lipinski definition) is 4. The Labute approximate surface area is 193 Å². The predicted molar refractivity (Wildman–Crippen MR) is 131 cm³/mol. The summed E-state index contributed by atoms with van der Waals surface area (Å²) < 4.78 is 6.01. The van der Waals surface area contributed by atoms with Gasteiger partial charge in [-0.25, -0.2) is 0 Å². The number of hydrogen-bond donors (Lipinski definition) is 2. The Balaban J connectivity index is 0.00000300. The van der Waals surface area contributed by atoms with Gasteiger partial charge in [-0.05, 0) is 38.3 Å². The molecule has 1 aliphatic heterocycles. The third-order valence-corrected chi connectivity index (χ3v) is 5.86. The van der Waals surface area contributed by atoms with Gasteiger partial charge in [-0.2, -0.15) is 0 Å². The van der Waals surface area contributed by atoms with Gasteiger partial charge in [0.25, 0.3) is 0 Å². The first-order valence-electron chi connectivity index (χ1n) is 10.8. The third-order valence-electron chi connectivity index (χ3n) is 5.86. The summed E-state index contributed by atoms with van der Waals surface area (Å²) in [6, 6.07) is 8.78. The van der Waals surface area contributed by atoms with Crippen molar-refractivity contribution >= 4 is 29.9 Å². The molecule has 2 aliphatic rings. The molecule has 1 saturated heterocycles. The summed E-state index contributed by atoms with van der Waals surface area (Å²) in [5.41, 5.74) is 1.18. The summed E-state index contributed by atoms with van der Waals surface area (Å²) in [6.45, 7) is 12.8. The SMILES string of the molecule is CCN1CCN(C(C)CNC(=NC)NCc2ccccc2OCC2CC2)CC1.I. The van der Waals surface area contributed by atoms with Crippen LogP contribution in [0, 0.1) is 5.92 Å². The minimum atomic E-state index is 0. The van der Waals surface area contributed by atoms with Gasteiger partial charge in [0.15, 0.2) is 5.96 Å². The van der Waals surface area contributed by atoms with Gasteiger partial charge >= 0.3 is 0 Å². The molecule has 0 amide bonds. The highest BCUT2D eigenvalue weighted by Gasteiger charge is 2.22. The van der Waals surface area contributed by atoms with E-state index in [0.29, 0.717) is 12.6 Å². The molecule has 1 aliphatic carbocycles. The molecule has 29 heavy (non-hydrogen) atoms. The highest BCUT2D eigenvalue weighted by molar-refractivity contribution is 14.0. The summed E-state index contributed by atoms with van der Waals surface area (Å²) in [5, 5.41) is 6.92. The van der Waals surface area contributed by atoms with Gasteiger partial charge in [0, 0.05) is 57.9 Å². The Morgan fingerprint density at radius 2 is 1.90 bits per heavy atom. The fourth-order valence-electron chi connectivity index (χ4n) is 3.58. The summed E-state index contributed by atoms with van der Waals surface area (Å²) in [5.74, 6) is 2.59. The average molecular weight is 515 g/mol. The molecule has 1 saturated carbocycles. The highest BCUT2D eigenvalue weighted by Crippen LogP contribution is 2.30. The molecule has 0 spiro atoms. The molecule has 0 aromatic heterocycles. The maximum Gasteiger partial charge on any atom is 0.191 e. The van der Waals surface area contributed by atoms with E-state index in [1.165, 1.54) is 31.5 Å². The highest BCUT2D eigenvalue weighted by atomic mass is 127. The number of piperazine rings is 1. The van der Waals surface area contributed by atoms with Crippen LogP contribution < -0.4 is 15.4 Å². The molecule has 7 heteroatoms. The number of rotatable bonds is 9. The number of ether oxygens (including phenoxy) is 1. The number of aliphatic imine (C=N–C) groups is 1. The molecule has 0 bridgehead atoms. The zero-order valence-electron chi connectivity index (χ0n) is 18.2. The normalized spacial score (nSPS) is 19.3. The van der Waals surface area contributed by atoms with Crippen molar-refractivity contribution in [3.8, 4) is 5.75 Å². The molecule has 1 aromatic rings. The van der Waals surface area contributed by atoms with E-state index in [1.807, 2.05) is 13.1 Å². The number of benzene rings is 1. The molecule has 0 radical (unpaired) electrons. The first-order valence-corrected chi connectivity index (χ1v) is 10.8. The topological polar surface area (TPSA) is 52.1 Å². The molecule has 1 aromatic carbocycles.